The summed E-state index contributed by atoms with van der Waals surface area (Å²) in [6.45, 7) is 0.214. The minimum Gasteiger partial charge on any atom is -0.480 e. The number of carboxylic acids is 1. The third-order valence-electron chi connectivity index (χ3n) is 7.24. The van der Waals surface area contributed by atoms with Gasteiger partial charge in [0, 0.05) is 18.4 Å². The molecule has 0 saturated heterocycles. The van der Waals surface area contributed by atoms with Crippen LogP contribution in [-0.4, -0.2) is 41.3 Å². The zero-order chi connectivity index (χ0) is 23.0. The minimum absolute atomic E-state index is 0.0279. The lowest BCUT2D eigenvalue weighted by molar-refractivity contribution is -0.151. The van der Waals surface area contributed by atoms with E-state index in [2.05, 4.69) is 34.9 Å². The van der Waals surface area contributed by atoms with Crippen molar-refractivity contribution in [3.8, 4) is 11.1 Å². The van der Waals surface area contributed by atoms with E-state index in [1.165, 1.54) is 0 Å². The van der Waals surface area contributed by atoms with Crippen molar-refractivity contribution in [2.75, 3.05) is 6.61 Å². The normalized spacial score (nSPS) is 18.9. The fraction of sp³-hybridized carbons (Fsp3) is 0.423. The summed E-state index contributed by atoms with van der Waals surface area (Å²) in [6, 6.07) is 16.0. The fourth-order valence-electron chi connectivity index (χ4n) is 5.07. The second-order valence-electron chi connectivity index (χ2n) is 9.41. The Hall–Kier alpha value is -3.35. The first-order chi connectivity index (χ1) is 16.0. The molecule has 5 rings (SSSR count). The summed E-state index contributed by atoms with van der Waals surface area (Å²) in [4.78, 5) is 36.7. The lowest BCUT2D eigenvalue weighted by Gasteiger charge is -2.38. The van der Waals surface area contributed by atoms with Gasteiger partial charge in [0.2, 0.25) is 5.91 Å². The van der Waals surface area contributed by atoms with Gasteiger partial charge >= 0.3 is 12.1 Å². The van der Waals surface area contributed by atoms with E-state index in [9.17, 15) is 19.5 Å². The number of alkyl carbamates (subject to hydrolysis) is 1. The number of carboxylic acid groups (broad SMARTS) is 1. The van der Waals surface area contributed by atoms with Crippen LogP contribution in [0.1, 0.15) is 55.6 Å². The van der Waals surface area contributed by atoms with Crippen molar-refractivity contribution in [1.82, 2.24) is 10.6 Å². The van der Waals surface area contributed by atoms with Gasteiger partial charge in [0.25, 0.3) is 0 Å². The molecule has 2 aromatic carbocycles. The molecule has 1 atom stereocenters. The smallest absolute Gasteiger partial charge is 0.407 e. The lowest BCUT2D eigenvalue weighted by atomic mass is 9.76. The Labute approximate surface area is 192 Å². The zero-order valence-corrected chi connectivity index (χ0v) is 18.4. The Morgan fingerprint density at radius 3 is 2.12 bits per heavy atom. The van der Waals surface area contributed by atoms with Crippen LogP contribution in [-0.2, 0) is 14.3 Å². The summed E-state index contributed by atoms with van der Waals surface area (Å²) in [5.74, 6) is -1.14. The first-order valence-electron chi connectivity index (χ1n) is 11.6. The molecule has 2 saturated carbocycles. The molecule has 3 N–H and O–H groups in total. The summed E-state index contributed by atoms with van der Waals surface area (Å²) in [7, 11) is 0. The first kappa shape index (κ1) is 21.5. The molecule has 33 heavy (non-hydrogen) atoms. The van der Waals surface area contributed by atoms with Crippen molar-refractivity contribution in [1.29, 1.82) is 0 Å². The Morgan fingerprint density at radius 1 is 1.00 bits per heavy atom. The Balaban J connectivity index is 1.20. The van der Waals surface area contributed by atoms with Crippen molar-refractivity contribution in [2.45, 2.75) is 56.0 Å². The molecule has 0 radical (unpaired) electrons. The maximum atomic E-state index is 12.6. The molecule has 7 nitrogen and oxygen atoms in total. The summed E-state index contributed by atoms with van der Waals surface area (Å²) in [5, 5.41) is 15.0. The summed E-state index contributed by atoms with van der Waals surface area (Å²) in [6.07, 6.45) is 3.07. The molecule has 2 fully saturated rings. The number of carbonyl (C=O) groups is 3. The Kier molecular flexibility index (Phi) is 5.56. The van der Waals surface area contributed by atoms with E-state index in [4.69, 9.17) is 4.74 Å². The maximum Gasteiger partial charge on any atom is 0.407 e. The third kappa shape index (κ3) is 4.19. The first-order valence-corrected chi connectivity index (χ1v) is 11.6. The van der Waals surface area contributed by atoms with Gasteiger partial charge in [0.15, 0.2) is 0 Å². The molecule has 1 unspecified atom stereocenters. The summed E-state index contributed by atoms with van der Waals surface area (Å²) in [5.41, 5.74) is 3.47. The van der Waals surface area contributed by atoms with Crippen molar-refractivity contribution >= 4 is 18.0 Å². The second-order valence-corrected chi connectivity index (χ2v) is 9.41. The molecular formula is C26H28N2O5. The van der Waals surface area contributed by atoms with Crippen LogP contribution < -0.4 is 10.6 Å². The highest BCUT2D eigenvalue weighted by molar-refractivity contribution is 5.88. The average Bonchev–Trinajstić information content (AvgIpc) is 3.57. The van der Waals surface area contributed by atoms with Crippen LogP contribution in [0.5, 0.6) is 0 Å². The molecule has 0 aromatic heterocycles. The van der Waals surface area contributed by atoms with E-state index in [1.54, 1.807) is 0 Å². The monoisotopic (exact) mass is 448 g/mol. The highest BCUT2D eigenvalue weighted by Gasteiger charge is 2.46. The highest BCUT2D eigenvalue weighted by atomic mass is 16.5. The van der Waals surface area contributed by atoms with Crippen LogP contribution in [0.15, 0.2) is 48.5 Å². The van der Waals surface area contributed by atoms with Gasteiger partial charge in [-0.25, -0.2) is 9.59 Å². The highest BCUT2D eigenvalue weighted by Crippen LogP contribution is 2.44. The molecule has 2 aromatic rings. The minimum atomic E-state index is -1.14. The molecule has 3 aliphatic carbocycles. The van der Waals surface area contributed by atoms with E-state index in [0.717, 1.165) is 41.5 Å². The van der Waals surface area contributed by atoms with Crippen LogP contribution in [0.4, 0.5) is 4.79 Å². The van der Waals surface area contributed by atoms with Crippen molar-refractivity contribution in [2.24, 2.45) is 5.92 Å². The zero-order valence-electron chi connectivity index (χ0n) is 18.4. The standard InChI is InChI=1S/C26H28N2O5/c29-23(28-26(24(30)31)12-5-13-26)14-22(16-10-11-16)27-25(32)33-15-21-19-8-3-1-6-17(19)18-7-2-4-9-20(18)21/h1-4,6-9,16,21-22H,5,10-15H2,(H,27,32)(H,28,29)(H,30,31). The second kappa shape index (κ2) is 8.54. The molecule has 3 aliphatic rings. The maximum absolute atomic E-state index is 12.6. The largest absolute Gasteiger partial charge is 0.480 e. The van der Waals surface area contributed by atoms with E-state index >= 15 is 0 Å². The van der Waals surface area contributed by atoms with E-state index in [1.807, 2.05) is 24.3 Å². The number of amides is 2. The number of ether oxygens (including phenoxy) is 1. The van der Waals surface area contributed by atoms with E-state index in [0.29, 0.717) is 12.8 Å². The topological polar surface area (TPSA) is 105 Å². The molecular weight excluding hydrogens is 420 g/mol. The number of fused-ring (bicyclic) bond motifs is 3. The van der Waals surface area contributed by atoms with E-state index < -0.39 is 17.6 Å². The van der Waals surface area contributed by atoms with Gasteiger partial charge < -0.3 is 20.5 Å². The van der Waals surface area contributed by atoms with Gasteiger partial charge in [-0.3, -0.25) is 4.79 Å². The fourth-order valence-corrected chi connectivity index (χ4v) is 5.07. The number of rotatable bonds is 8. The number of hydrogen-bond donors (Lipinski definition) is 3. The Bertz CT molecular complexity index is 1040. The van der Waals surface area contributed by atoms with Gasteiger partial charge in [-0.2, -0.15) is 0 Å². The number of carbonyl (C=O) groups excluding carboxylic acids is 2. The quantitative estimate of drug-likeness (QED) is 0.570. The van der Waals surface area contributed by atoms with Crippen LogP contribution in [0, 0.1) is 5.92 Å². The van der Waals surface area contributed by atoms with Crippen molar-refractivity contribution < 1.29 is 24.2 Å². The van der Waals surface area contributed by atoms with Gasteiger partial charge in [-0.1, -0.05) is 48.5 Å². The van der Waals surface area contributed by atoms with Crippen molar-refractivity contribution in [3.63, 3.8) is 0 Å². The Morgan fingerprint density at radius 2 is 1.61 bits per heavy atom. The van der Waals surface area contributed by atoms with Gasteiger partial charge in [-0.15, -0.1) is 0 Å². The molecule has 2 amide bonds. The lowest BCUT2D eigenvalue weighted by Crippen LogP contribution is -2.59. The van der Waals surface area contributed by atoms with Gasteiger partial charge in [-0.05, 0) is 60.3 Å². The summed E-state index contributed by atoms with van der Waals surface area (Å²) >= 11 is 0. The molecule has 0 spiro atoms. The van der Waals surface area contributed by atoms with Crippen molar-refractivity contribution in [3.05, 3.63) is 59.7 Å². The number of nitrogens with one attached hydrogen (secondary N) is 2. The van der Waals surface area contributed by atoms with E-state index in [-0.39, 0.29) is 36.8 Å². The van der Waals surface area contributed by atoms with Gasteiger partial charge in [0.05, 0.1) is 0 Å². The average molecular weight is 449 g/mol. The predicted octanol–water partition coefficient (Wildman–Crippen LogP) is 3.82. The van der Waals surface area contributed by atoms with Crippen LogP contribution in [0.3, 0.4) is 0 Å². The molecule has 172 valence electrons. The molecule has 0 aliphatic heterocycles. The third-order valence-corrected chi connectivity index (χ3v) is 7.24. The summed E-state index contributed by atoms with van der Waals surface area (Å²) < 4.78 is 5.63. The van der Waals surface area contributed by atoms with Gasteiger partial charge in [0.1, 0.15) is 12.1 Å². The van der Waals surface area contributed by atoms with Crippen LogP contribution in [0.25, 0.3) is 11.1 Å². The molecule has 7 heteroatoms. The van der Waals surface area contributed by atoms with Crippen LogP contribution >= 0.6 is 0 Å². The molecule has 0 bridgehead atoms. The van der Waals surface area contributed by atoms with Crippen LogP contribution in [0.2, 0.25) is 0 Å². The number of aliphatic carboxylic acids is 1. The number of hydrogen-bond acceptors (Lipinski definition) is 4. The predicted molar refractivity (Wildman–Crippen MR) is 122 cm³/mol. The number of benzene rings is 2. The SMILES string of the molecule is O=C(CC(NC(=O)OCC1c2ccccc2-c2ccccc21)C1CC1)NC1(C(=O)O)CCC1. The molecule has 0 heterocycles.